The molecule has 74 valence electrons. The van der Waals surface area contributed by atoms with Crippen LogP contribution in [0.15, 0.2) is 0 Å². The first kappa shape index (κ1) is 9.79. The fourth-order valence-corrected chi connectivity index (χ4v) is 1.46. The summed E-state index contributed by atoms with van der Waals surface area (Å²) >= 11 is 0. The highest BCUT2D eigenvalue weighted by atomic mass is 16.4. The quantitative estimate of drug-likeness (QED) is 0.516. The predicted octanol–water partition coefficient (Wildman–Crippen LogP) is -0.459. The third kappa shape index (κ3) is 2.09. The molecule has 0 aromatic rings. The van der Waals surface area contributed by atoms with Crippen LogP contribution in [0.25, 0.3) is 0 Å². The second kappa shape index (κ2) is 3.61. The van der Waals surface area contributed by atoms with Crippen LogP contribution in [0.1, 0.15) is 12.8 Å². The average Bonchev–Trinajstić information content (AvgIpc) is 2.03. The van der Waals surface area contributed by atoms with Crippen LogP contribution in [0, 0.1) is 0 Å². The second-order valence-electron chi connectivity index (χ2n) is 3.11. The summed E-state index contributed by atoms with van der Waals surface area (Å²) in [4.78, 5) is 22.2. The van der Waals surface area contributed by atoms with Gasteiger partial charge in [0.2, 0.25) is 0 Å². The first-order valence-corrected chi connectivity index (χ1v) is 4.00. The largest absolute Gasteiger partial charge is 0.480 e. The van der Waals surface area contributed by atoms with Crippen LogP contribution in [0.4, 0.5) is 4.79 Å². The number of piperidine rings is 1. The van der Waals surface area contributed by atoms with E-state index in [0.717, 1.165) is 4.90 Å². The number of hydrogen-bond acceptors (Lipinski definition) is 3. The summed E-state index contributed by atoms with van der Waals surface area (Å²) in [6.07, 6.45) is -0.475. The topological polar surface area (TPSA) is 104 Å². The van der Waals surface area contributed by atoms with Gasteiger partial charge in [0, 0.05) is 12.6 Å². The Hall–Kier alpha value is -1.30. The van der Waals surface area contributed by atoms with E-state index in [-0.39, 0.29) is 19.0 Å². The lowest BCUT2D eigenvalue weighted by atomic mass is 9.98. The van der Waals surface area contributed by atoms with E-state index in [4.69, 9.17) is 15.9 Å². The zero-order valence-corrected chi connectivity index (χ0v) is 7.01. The van der Waals surface area contributed by atoms with Crippen LogP contribution >= 0.6 is 0 Å². The fraction of sp³-hybridized carbons (Fsp3) is 0.714. The van der Waals surface area contributed by atoms with E-state index >= 15 is 0 Å². The fourth-order valence-electron chi connectivity index (χ4n) is 1.46. The lowest BCUT2D eigenvalue weighted by Gasteiger charge is -2.33. The van der Waals surface area contributed by atoms with Crippen LogP contribution in [0.3, 0.4) is 0 Å². The Kier molecular flexibility index (Phi) is 2.72. The van der Waals surface area contributed by atoms with Crippen LogP contribution in [0.5, 0.6) is 0 Å². The number of rotatable bonds is 1. The number of hydrogen-bond donors (Lipinski definition) is 3. The lowest BCUT2D eigenvalue weighted by Crippen LogP contribution is -2.52. The number of nitrogens with zero attached hydrogens (tertiary/aromatic N) is 1. The number of carboxylic acid groups (broad SMARTS) is 2. The van der Waals surface area contributed by atoms with Crippen LogP contribution in [0.2, 0.25) is 0 Å². The Morgan fingerprint density at radius 1 is 1.38 bits per heavy atom. The average molecular weight is 188 g/mol. The number of carboxylic acids is 1. The molecule has 4 N–H and O–H groups in total. The normalized spacial score (nSPS) is 28.5. The summed E-state index contributed by atoms with van der Waals surface area (Å²) in [5, 5.41) is 17.4. The van der Waals surface area contributed by atoms with E-state index in [9.17, 15) is 9.59 Å². The minimum Gasteiger partial charge on any atom is -0.480 e. The third-order valence-corrected chi connectivity index (χ3v) is 2.17. The van der Waals surface area contributed by atoms with Crippen molar-refractivity contribution in [2.24, 2.45) is 5.73 Å². The molecule has 1 rings (SSSR count). The summed E-state index contributed by atoms with van der Waals surface area (Å²) in [6, 6.07) is -1.20. The molecular formula is C7H12N2O4. The molecule has 1 saturated heterocycles. The molecule has 0 unspecified atom stereocenters. The Morgan fingerprint density at radius 2 is 2.00 bits per heavy atom. The van der Waals surface area contributed by atoms with Gasteiger partial charge in [0.15, 0.2) is 0 Å². The van der Waals surface area contributed by atoms with Crippen molar-refractivity contribution in [2.45, 2.75) is 24.9 Å². The SMILES string of the molecule is N[C@@H]1CCN(C(=O)O)[C@H](C(=O)O)C1. The molecule has 1 heterocycles. The minimum atomic E-state index is -1.20. The van der Waals surface area contributed by atoms with Gasteiger partial charge in [0.25, 0.3) is 0 Å². The van der Waals surface area contributed by atoms with Crippen molar-refractivity contribution < 1.29 is 19.8 Å². The molecule has 0 aromatic heterocycles. The van der Waals surface area contributed by atoms with E-state index in [2.05, 4.69) is 0 Å². The summed E-state index contributed by atoms with van der Waals surface area (Å²) < 4.78 is 0. The van der Waals surface area contributed by atoms with Crippen molar-refractivity contribution >= 4 is 12.1 Å². The van der Waals surface area contributed by atoms with Gasteiger partial charge in [0.1, 0.15) is 6.04 Å². The molecule has 1 amide bonds. The molecule has 1 aliphatic heterocycles. The molecular weight excluding hydrogens is 176 g/mol. The van der Waals surface area contributed by atoms with E-state index in [0.29, 0.717) is 6.42 Å². The van der Waals surface area contributed by atoms with Gasteiger partial charge < -0.3 is 15.9 Å². The minimum absolute atomic E-state index is 0.196. The van der Waals surface area contributed by atoms with E-state index in [1.54, 1.807) is 0 Å². The number of likely N-dealkylation sites (tertiary alicyclic amines) is 1. The molecule has 13 heavy (non-hydrogen) atoms. The number of carbonyl (C=O) groups is 2. The van der Waals surface area contributed by atoms with Gasteiger partial charge in [-0.25, -0.2) is 9.59 Å². The van der Waals surface area contributed by atoms with E-state index < -0.39 is 18.1 Å². The van der Waals surface area contributed by atoms with Gasteiger partial charge in [-0.3, -0.25) is 4.90 Å². The molecule has 0 spiro atoms. The Morgan fingerprint density at radius 3 is 2.46 bits per heavy atom. The first-order valence-electron chi connectivity index (χ1n) is 4.00. The number of amides is 1. The van der Waals surface area contributed by atoms with Gasteiger partial charge in [-0.2, -0.15) is 0 Å². The number of nitrogens with two attached hydrogens (primary N) is 1. The van der Waals surface area contributed by atoms with Crippen molar-refractivity contribution in [3.8, 4) is 0 Å². The van der Waals surface area contributed by atoms with E-state index in [1.165, 1.54) is 0 Å². The molecule has 2 atom stereocenters. The zero-order chi connectivity index (χ0) is 10.0. The van der Waals surface area contributed by atoms with Gasteiger partial charge >= 0.3 is 12.1 Å². The van der Waals surface area contributed by atoms with Gasteiger partial charge in [-0.05, 0) is 12.8 Å². The van der Waals surface area contributed by atoms with Gasteiger partial charge in [-0.1, -0.05) is 0 Å². The molecule has 0 radical (unpaired) electrons. The smallest absolute Gasteiger partial charge is 0.408 e. The maximum atomic E-state index is 10.7. The molecule has 6 nitrogen and oxygen atoms in total. The zero-order valence-electron chi connectivity index (χ0n) is 7.01. The summed E-state index contributed by atoms with van der Waals surface area (Å²) in [7, 11) is 0. The highest BCUT2D eigenvalue weighted by Gasteiger charge is 2.34. The first-order chi connectivity index (χ1) is 6.02. The second-order valence-corrected chi connectivity index (χ2v) is 3.11. The van der Waals surface area contributed by atoms with Crippen molar-refractivity contribution in [1.82, 2.24) is 4.90 Å². The van der Waals surface area contributed by atoms with Crippen molar-refractivity contribution in [3.63, 3.8) is 0 Å². The Bertz CT molecular complexity index is 231. The highest BCUT2D eigenvalue weighted by molar-refractivity contribution is 5.79. The Balaban J connectivity index is 2.72. The molecule has 6 heteroatoms. The van der Waals surface area contributed by atoms with Crippen LogP contribution in [-0.2, 0) is 4.79 Å². The van der Waals surface area contributed by atoms with Gasteiger partial charge in [-0.15, -0.1) is 0 Å². The summed E-state index contributed by atoms with van der Waals surface area (Å²) in [6.45, 7) is 0.202. The van der Waals surface area contributed by atoms with Crippen molar-refractivity contribution in [3.05, 3.63) is 0 Å². The van der Waals surface area contributed by atoms with Crippen LogP contribution in [-0.4, -0.2) is 45.8 Å². The molecule has 0 aromatic carbocycles. The Labute approximate surface area is 74.9 Å². The van der Waals surface area contributed by atoms with E-state index in [1.807, 2.05) is 0 Å². The molecule has 0 saturated carbocycles. The standard InChI is InChI=1S/C7H12N2O4/c8-4-1-2-9(7(12)13)5(3-4)6(10)11/h4-5H,1-3,8H2,(H,10,11)(H,12,13)/t4-,5+/m1/s1. The monoisotopic (exact) mass is 188 g/mol. The summed E-state index contributed by atoms with van der Waals surface area (Å²) in [5.74, 6) is -1.13. The molecule has 0 bridgehead atoms. The summed E-state index contributed by atoms with van der Waals surface area (Å²) in [5.41, 5.74) is 5.54. The van der Waals surface area contributed by atoms with Crippen LogP contribution < -0.4 is 5.73 Å². The lowest BCUT2D eigenvalue weighted by molar-refractivity contribution is -0.143. The highest BCUT2D eigenvalue weighted by Crippen LogP contribution is 2.16. The van der Waals surface area contributed by atoms with Crippen molar-refractivity contribution in [1.29, 1.82) is 0 Å². The maximum absolute atomic E-state index is 10.7. The van der Waals surface area contributed by atoms with Gasteiger partial charge in [0.05, 0.1) is 0 Å². The third-order valence-electron chi connectivity index (χ3n) is 2.17. The molecule has 1 fully saturated rings. The predicted molar refractivity (Wildman–Crippen MR) is 43.4 cm³/mol. The molecule has 1 aliphatic rings. The molecule has 0 aliphatic carbocycles. The van der Waals surface area contributed by atoms with Crippen molar-refractivity contribution in [2.75, 3.05) is 6.54 Å². The number of aliphatic carboxylic acids is 1. The maximum Gasteiger partial charge on any atom is 0.408 e.